The van der Waals surface area contributed by atoms with Crippen molar-refractivity contribution in [3.8, 4) is 12.3 Å². The van der Waals surface area contributed by atoms with E-state index in [9.17, 15) is 0 Å². The van der Waals surface area contributed by atoms with E-state index in [4.69, 9.17) is 16.9 Å². The lowest BCUT2D eigenvalue weighted by atomic mass is 10.1. The van der Waals surface area contributed by atoms with Crippen molar-refractivity contribution < 1.29 is 4.74 Å². The minimum Gasteiger partial charge on any atom is -0.382 e. The van der Waals surface area contributed by atoms with Crippen LogP contribution in [-0.2, 0) is 4.74 Å². The van der Waals surface area contributed by atoms with Crippen LogP contribution >= 0.6 is 0 Å². The zero-order valence-electron chi connectivity index (χ0n) is 5.92. The van der Waals surface area contributed by atoms with E-state index in [1.165, 1.54) is 0 Å². The van der Waals surface area contributed by atoms with Crippen LogP contribution in [0.4, 0.5) is 0 Å². The molecule has 0 amide bonds. The molecule has 0 aliphatic carbocycles. The van der Waals surface area contributed by atoms with Crippen molar-refractivity contribution >= 4 is 0 Å². The predicted octanol–water partition coefficient (Wildman–Crippen LogP) is 0.372. The van der Waals surface area contributed by atoms with Crippen molar-refractivity contribution in [1.29, 1.82) is 0 Å². The van der Waals surface area contributed by atoms with Crippen molar-refractivity contribution in [3.05, 3.63) is 0 Å². The molecular formula is C7H13NO. The Bertz CT molecular complexity index is 106. The molecule has 0 rings (SSSR count). The third kappa shape index (κ3) is 4.01. The molecule has 0 aliphatic heterocycles. The highest BCUT2D eigenvalue weighted by molar-refractivity contribution is 4.97. The molecule has 0 heterocycles. The topological polar surface area (TPSA) is 35.2 Å². The Morgan fingerprint density at radius 2 is 2.33 bits per heavy atom. The van der Waals surface area contributed by atoms with Gasteiger partial charge in [-0.2, -0.15) is 0 Å². The molecule has 2 atom stereocenters. The van der Waals surface area contributed by atoms with Gasteiger partial charge in [0.25, 0.3) is 0 Å². The molecule has 2 unspecified atom stereocenters. The Morgan fingerprint density at radius 1 is 1.78 bits per heavy atom. The van der Waals surface area contributed by atoms with E-state index in [0.717, 1.165) is 6.42 Å². The number of terminal acetylenes is 1. The first-order valence-electron chi connectivity index (χ1n) is 2.95. The van der Waals surface area contributed by atoms with Gasteiger partial charge in [-0.15, -0.1) is 6.42 Å². The van der Waals surface area contributed by atoms with Gasteiger partial charge in [-0.1, -0.05) is 5.92 Å². The predicted molar refractivity (Wildman–Crippen MR) is 37.9 cm³/mol. The van der Waals surface area contributed by atoms with Crippen molar-refractivity contribution in [2.24, 2.45) is 5.73 Å². The lowest BCUT2D eigenvalue weighted by Gasteiger charge is -2.10. The highest BCUT2D eigenvalue weighted by Gasteiger charge is 2.03. The molecule has 0 spiro atoms. The summed E-state index contributed by atoms with van der Waals surface area (Å²) in [7, 11) is 1.65. The van der Waals surface area contributed by atoms with E-state index in [1.54, 1.807) is 7.11 Å². The number of hydrogen-bond donors (Lipinski definition) is 1. The molecule has 0 radical (unpaired) electrons. The minimum absolute atomic E-state index is 0.163. The Balaban J connectivity index is 3.37. The van der Waals surface area contributed by atoms with Crippen LogP contribution < -0.4 is 5.73 Å². The Hall–Kier alpha value is -0.520. The summed E-state index contributed by atoms with van der Waals surface area (Å²) < 4.78 is 4.95. The highest BCUT2D eigenvalue weighted by atomic mass is 16.5. The molecular weight excluding hydrogens is 114 g/mol. The molecule has 0 saturated heterocycles. The van der Waals surface area contributed by atoms with Crippen molar-refractivity contribution in [1.82, 2.24) is 0 Å². The summed E-state index contributed by atoms with van der Waals surface area (Å²) in [5, 5.41) is 0. The third-order valence-electron chi connectivity index (χ3n) is 1.20. The van der Waals surface area contributed by atoms with Gasteiger partial charge in [-0.25, -0.2) is 0 Å². The smallest absolute Gasteiger partial charge is 0.0686 e. The fraction of sp³-hybridized carbons (Fsp3) is 0.714. The van der Waals surface area contributed by atoms with Crippen LogP contribution in [0.5, 0.6) is 0 Å². The van der Waals surface area contributed by atoms with Gasteiger partial charge in [-0.05, 0) is 13.3 Å². The van der Waals surface area contributed by atoms with Gasteiger partial charge in [0.1, 0.15) is 0 Å². The number of ether oxygens (including phenoxy) is 1. The monoisotopic (exact) mass is 127 g/mol. The average molecular weight is 127 g/mol. The third-order valence-corrected chi connectivity index (χ3v) is 1.20. The maximum absolute atomic E-state index is 5.43. The normalized spacial score (nSPS) is 16.2. The highest BCUT2D eigenvalue weighted by Crippen LogP contribution is 1.96. The number of nitrogens with two attached hydrogens (primary N) is 1. The number of hydrogen-bond acceptors (Lipinski definition) is 2. The van der Waals surface area contributed by atoms with Crippen LogP contribution in [0.25, 0.3) is 0 Å². The Morgan fingerprint density at radius 3 is 2.67 bits per heavy atom. The first-order chi connectivity index (χ1) is 4.20. The zero-order valence-corrected chi connectivity index (χ0v) is 5.92. The fourth-order valence-corrected chi connectivity index (χ4v) is 0.522. The van der Waals surface area contributed by atoms with Gasteiger partial charge in [0.15, 0.2) is 0 Å². The maximum atomic E-state index is 5.43. The lowest BCUT2D eigenvalue weighted by molar-refractivity contribution is 0.109. The summed E-state index contributed by atoms with van der Waals surface area (Å²) in [6.07, 6.45) is 5.94. The van der Waals surface area contributed by atoms with E-state index >= 15 is 0 Å². The maximum Gasteiger partial charge on any atom is 0.0686 e. The number of rotatable bonds is 3. The minimum atomic E-state index is -0.167. The molecule has 9 heavy (non-hydrogen) atoms. The second-order valence-corrected chi connectivity index (χ2v) is 2.06. The quantitative estimate of drug-likeness (QED) is 0.556. The van der Waals surface area contributed by atoms with E-state index in [2.05, 4.69) is 5.92 Å². The van der Waals surface area contributed by atoms with Crippen LogP contribution in [0.15, 0.2) is 0 Å². The van der Waals surface area contributed by atoms with Gasteiger partial charge in [0.05, 0.1) is 12.1 Å². The molecule has 0 saturated carbocycles. The number of methoxy groups -OCH3 is 1. The summed E-state index contributed by atoms with van der Waals surface area (Å²) >= 11 is 0. The molecule has 0 aromatic heterocycles. The molecule has 0 aliphatic rings. The SMILES string of the molecule is C#CC(N)CC(C)OC. The average Bonchev–Trinajstić information content (AvgIpc) is 1.87. The lowest BCUT2D eigenvalue weighted by Crippen LogP contribution is -2.23. The van der Waals surface area contributed by atoms with Crippen LogP contribution in [0.2, 0.25) is 0 Å². The van der Waals surface area contributed by atoms with E-state index in [0.29, 0.717) is 0 Å². The summed E-state index contributed by atoms with van der Waals surface area (Å²) in [5.74, 6) is 2.43. The van der Waals surface area contributed by atoms with Crippen LogP contribution in [0.3, 0.4) is 0 Å². The molecule has 2 heteroatoms. The summed E-state index contributed by atoms with van der Waals surface area (Å²) in [6.45, 7) is 1.94. The van der Waals surface area contributed by atoms with Crippen molar-refractivity contribution in [2.45, 2.75) is 25.5 Å². The molecule has 0 bridgehead atoms. The summed E-state index contributed by atoms with van der Waals surface area (Å²) in [4.78, 5) is 0. The second kappa shape index (κ2) is 4.37. The standard InChI is InChI=1S/C7H13NO/c1-4-7(8)5-6(2)9-3/h1,6-7H,5,8H2,2-3H3. The summed E-state index contributed by atoms with van der Waals surface area (Å²) in [5.41, 5.74) is 5.43. The molecule has 0 aromatic carbocycles. The first-order valence-corrected chi connectivity index (χ1v) is 2.95. The molecule has 2 N–H and O–H groups in total. The Labute approximate surface area is 56.4 Å². The van der Waals surface area contributed by atoms with Gasteiger partial charge < -0.3 is 10.5 Å². The van der Waals surface area contributed by atoms with E-state index in [-0.39, 0.29) is 12.1 Å². The van der Waals surface area contributed by atoms with Crippen LogP contribution in [0, 0.1) is 12.3 Å². The molecule has 0 fully saturated rings. The Kier molecular flexibility index (Phi) is 4.12. The molecule has 0 aromatic rings. The van der Waals surface area contributed by atoms with Crippen molar-refractivity contribution in [2.75, 3.05) is 7.11 Å². The van der Waals surface area contributed by atoms with Crippen LogP contribution in [0.1, 0.15) is 13.3 Å². The van der Waals surface area contributed by atoms with Crippen molar-refractivity contribution in [3.63, 3.8) is 0 Å². The zero-order chi connectivity index (χ0) is 7.28. The van der Waals surface area contributed by atoms with E-state index in [1.807, 2.05) is 6.92 Å². The van der Waals surface area contributed by atoms with Crippen LogP contribution in [-0.4, -0.2) is 19.3 Å². The van der Waals surface area contributed by atoms with Gasteiger partial charge >= 0.3 is 0 Å². The van der Waals surface area contributed by atoms with Gasteiger partial charge in [0, 0.05) is 7.11 Å². The largest absolute Gasteiger partial charge is 0.382 e. The second-order valence-electron chi connectivity index (χ2n) is 2.06. The molecule has 52 valence electrons. The van der Waals surface area contributed by atoms with Gasteiger partial charge in [-0.3, -0.25) is 0 Å². The first kappa shape index (κ1) is 8.48. The van der Waals surface area contributed by atoms with Gasteiger partial charge in [0.2, 0.25) is 0 Å². The summed E-state index contributed by atoms with van der Waals surface area (Å²) in [6, 6.07) is -0.167. The fourth-order valence-electron chi connectivity index (χ4n) is 0.522. The molecule has 2 nitrogen and oxygen atoms in total. The van der Waals surface area contributed by atoms with E-state index < -0.39 is 0 Å².